The van der Waals surface area contributed by atoms with Gasteiger partial charge in [-0.2, -0.15) is 14.0 Å². The normalized spacial score (nSPS) is 11.9. The third kappa shape index (κ3) is 5.20. The summed E-state index contributed by atoms with van der Waals surface area (Å²) in [4.78, 5) is 12.1. The fourth-order valence-electron chi connectivity index (χ4n) is 1.86. The predicted octanol–water partition coefficient (Wildman–Crippen LogP) is 2.96. The van der Waals surface area contributed by atoms with Crippen LogP contribution in [0.15, 0.2) is 18.2 Å². The molecule has 0 heterocycles. The average Bonchev–Trinajstić information content (AvgIpc) is 2.45. The standard InChI is InChI=1S/C15H18F2N2O3/c1-9(2)6-11(8-18)19-14(20)10-4-5-12(21-3)13(7-10)22-15(16)17/h4-5,7,9,11,15H,6H2,1-3H3,(H,19,20). The maximum absolute atomic E-state index is 12.4. The molecule has 1 rings (SSSR count). The number of benzene rings is 1. The van der Waals surface area contributed by atoms with Gasteiger partial charge >= 0.3 is 6.61 Å². The zero-order valence-electron chi connectivity index (χ0n) is 12.6. The number of nitrogens with one attached hydrogen (secondary N) is 1. The first-order valence-corrected chi connectivity index (χ1v) is 6.70. The van der Waals surface area contributed by atoms with Crippen LogP contribution in [0, 0.1) is 17.2 Å². The fraction of sp³-hybridized carbons (Fsp3) is 0.467. The number of halogens is 2. The van der Waals surface area contributed by atoms with Gasteiger partial charge in [0.05, 0.1) is 13.2 Å². The van der Waals surface area contributed by atoms with Gasteiger partial charge in [-0.15, -0.1) is 0 Å². The van der Waals surface area contributed by atoms with E-state index >= 15 is 0 Å². The summed E-state index contributed by atoms with van der Waals surface area (Å²) in [6, 6.07) is 5.28. The first-order valence-electron chi connectivity index (χ1n) is 6.70. The topological polar surface area (TPSA) is 71.3 Å². The predicted molar refractivity (Wildman–Crippen MR) is 75.9 cm³/mol. The number of nitrogens with zero attached hydrogens (tertiary/aromatic N) is 1. The Morgan fingerprint density at radius 3 is 2.55 bits per heavy atom. The zero-order chi connectivity index (χ0) is 16.7. The van der Waals surface area contributed by atoms with Crippen molar-refractivity contribution in [3.8, 4) is 17.6 Å². The van der Waals surface area contributed by atoms with Crippen molar-refractivity contribution in [1.29, 1.82) is 5.26 Å². The van der Waals surface area contributed by atoms with E-state index in [1.165, 1.54) is 19.2 Å². The number of alkyl halides is 2. The Labute approximate surface area is 127 Å². The molecule has 0 bridgehead atoms. The first-order chi connectivity index (χ1) is 10.4. The Morgan fingerprint density at radius 2 is 2.05 bits per heavy atom. The first kappa shape index (κ1) is 17.7. The van der Waals surface area contributed by atoms with Gasteiger partial charge in [0.25, 0.3) is 5.91 Å². The maximum Gasteiger partial charge on any atom is 0.387 e. The third-order valence-electron chi connectivity index (χ3n) is 2.81. The van der Waals surface area contributed by atoms with E-state index in [1.54, 1.807) is 0 Å². The molecule has 0 aliphatic rings. The Hall–Kier alpha value is -2.36. The van der Waals surface area contributed by atoms with Crippen molar-refractivity contribution in [2.24, 2.45) is 5.92 Å². The molecule has 22 heavy (non-hydrogen) atoms. The number of carbonyl (C=O) groups excluding carboxylic acids is 1. The smallest absolute Gasteiger partial charge is 0.387 e. The van der Waals surface area contributed by atoms with Gasteiger partial charge in [0.15, 0.2) is 11.5 Å². The second kappa shape index (κ2) is 8.17. The van der Waals surface area contributed by atoms with Crippen LogP contribution in [0.25, 0.3) is 0 Å². The van der Waals surface area contributed by atoms with Crippen LogP contribution in [0.2, 0.25) is 0 Å². The molecule has 5 nitrogen and oxygen atoms in total. The van der Waals surface area contributed by atoms with Crippen LogP contribution in [0.1, 0.15) is 30.6 Å². The summed E-state index contributed by atoms with van der Waals surface area (Å²) in [5.41, 5.74) is 0.112. The van der Waals surface area contributed by atoms with Crippen LogP contribution >= 0.6 is 0 Å². The molecule has 0 radical (unpaired) electrons. The Balaban J connectivity index is 2.91. The summed E-state index contributed by atoms with van der Waals surface area (Å²) in [6.07, 6.45) is 0.499. The van der Waals surface area contributed by atoms with E-state index in [1.807, 2.05) is 19.9 Å². The number of nitriles is 1. The molecule has 0 fully saturated rings. The van der Waals surface area contributed by atoms with Crippen molar-refractivity contribution in [1.82, 2.24) is 5.32 Å². The number of methoxy groups -OCH3 is 1. The monoisotopic (exact) mass is 312 g/mol. The molecular formula is C15H18F2N2O3. The summed E-state index contributed by atoms with van der Waals surface area (Å²) >= 11 is 0. The molecule has 7 heteroatoms. The van der Waals surface area contributed by atoms with Gasteiger partial charge in [-0.1, -0.05) is 13.8 Å². The van der Waals surface area contributed by atoms with Crippen molar-refractivity contribution in [2.45, 2.75) is 32.9 Å². The van der Waals surface area contributed by atoms with Gasteiger partial charge in [-0.25, -0.2) is 0 Å². The lowest BCUT2D eigenvalue weighted by Crippen LogP contribution is -2.34. The van der Waals surface area contributed by atoms with Crippen molar-refractivity contribution in [3.05, 3.63) is 23.8 Å². The number of amides is 1. The molecule has 1 amide bonds. The van der Waals surface area contributed by atoms with Gasteiger partial charge < -0.3 is 14.8 Å². The van der Waals surface area contributed by atoms with Crippen LogP contribution in [0.4, 0.5) is 8.78 Å². The highest BCUT2D eigenvalue weighted by Gasteiger charge is 2.17. The van der Waals surface area contributed by atoms with Crippen molar-refractivity contribution >= 4 is 5.91 Å². The lowest BCUT2D eigenvalue weighted by molar-refractivity contribution is -0.0512. The van der Waals surface area contributed by atoms with E-state index < -0.39 is 18.6 Å². The van der Waals surface area contributed by atoms with Crippen LogP contribution in [0.5, 0.6) is 11.5 Å². The van der Waals surface area contributed by atoms with E-state index in [-0.39, 0.29) is 23.0 Å². The number of rotatable bonds is 7. The molecule has 1 aromatic carbocycles. The molecule has 1 atom stereocenters. The molecule has 0 spiro atoms. The minimum atomic E-state index is -3.03. The molecular weight excluding hydrogens is 294 g/mol. The minimum Gasteiger partial charge on any atom is -0.493 e. The van der Waals surface area contributed by atoms with Gasteiger partial charge in [0, 0.05) is 5.56 Å². The molecule has 1 N–H and O–H groups in total. The average molecular weight is 312 g/mol. The molecule has 0 saturated carbocycles. The van der Waals surface area contributed by atoms with Gasteiger partial charge in [0.1, 0.15) is 6.04 Å². The van der Waals surface area contributed by atoms with Crippen molar-refractivity contribution in [3.63, 3.8) is 0 Å². The summed E-state index contributed by atoms with van der Waals surface area (Å²) in [6.45, 7) is 0.830. The lowest BCUT2D eigenvalue weighted by atomic mass is 10.0. The molecule has 0 aromatic heterocycles. The second-order valence-corrected chi connectivity index (χ2v) is 5.03. The van der Waals surface area contributed by atoms with Gasteiger partial charge in [0.2, 0.25) is 0 Å². The summed E-state index contributed by atoms with van der Waals surface area (Å²) in [5, 5.41) is 11.6. The van der Waals surface area contributed by atoms with E-state index in [0.29, 0.717) is 6.42 Å². The number of carbonyl (C=O) groups is 1. The molecule has 0 aliphatic heterocycles. The fourth-order valence-corrected chi connectivity index (χ4v) is 1.86. The van der Waals surface area contributed by atoms with E-state index in [9.17, 15) is 13.6 Å². The lowest BCUT2D eigenvalue weighted by Gasteiger charge is -2.15. The second-order valence-electron chi connectivity index (χ2n) is 5.03. The number of ether oxygens (including phenoxy) is 2. The Bertz CT molecular complexity index is 556. The van der Waals surface area contributed by atoms with Crippen LogP contribution < -0.4 is 14.8 Å². The molecule has 1 aromatic rings. The number of hydrogen-bond acceptors (Lipinski definition) is 4. The highest BCUT2D eigenvalue weighted by atomic mass is 19.3. The molecule has 0 saturated heterocycles. The molecule has 1 unspecified atom stereocenters. The highest BCUT2D eigenvalue weighted by molar-refractivity contribution is 5.95. The van der Waals surface area contributed by atoms with Crippen LogP contribution in [-0.2, 0) is 0 Å². The van der Waals surface area contributed by atoms with E-state index in [2.05, 4.69) is 10.1 Å². The van der Waals surface area contributed by atoms with E-state index in [4.69, 9.17) is 10.00 Å². The quantitative estimate of drug-likeness (QED) is 0.840. The summed E-state index contributed by atoms with van der Waals surface area (Å²) in [5.74, 6) is -0.439. The molecule has 120 valence electrons. The Kier molecular flexibility index (Phi) is 6.57. The number of hydrogen-bond donors (Lipinski definition) is 1. The van der Waals surface area contributed by atoms with Crippen LogP contribution in [0.3, 0.4) is 0 Å². The maximum atomic E-state index is 12.4. The largest absolute Gasteiger partial charge is 0.493 e. The summed E-state index contributed by atoms with van der Waals surface area (Å²) in [7, 11) is 1.31. The third-order valence-corrected chi connectivity index (χ3v) is 2.81. The SMILES string of the molecule is COc1ccc(C(=O)NC(C#N)CC(C)C)cc1OC(F)F. The van der Waals surface area contributed by atoms with Gasteiger partial charge in [-0.05, 0) is 30.5 Å². The minimum absolute atomic E-state index is 0.0934. The molecule has 0 aliphatic carbocycles. The van der Waals surface area contributed by atoms with Gasteiger partial charge in [-0.3, -0.25) is 4.79 Å². The van der Waals surface area contributed by atoms with Crippen LogP contribution in [-0.4, -0.2) is 25.7 Å². The zero-order valence-corrected chi connectivity index (χ0v) is 12.6. The summed E-state index contributed by atoms with van der Waals surface area (Å²) < 4.78 is 33.9. The van der Waals surface area contributed by atoms with Crippen molar-refractivity contribution < 1.29 is 23.0 Å². The Morgan fingerprint density at radius 1 is 1.36 bits per heavy atom. The highest BCUT2D eigenvalue weighted by Crippen LogP contribution is 2.29. The van der Waals surface area contributed by atoms with E-state index in [0.717, 1.165) is 6.07 Å². The van der Waals surface area contributed by atoms with Crippen molar-refractivity contribution in [2.75, 3.05) is 7.11 Å².